The summed E-state index contributed by atoms with van der Waals surface area (Å²) in [6.45, 7) is 5.30. The molecule has 0 aromatic heterocycles. The summed E-state index contributed by atoms with van der Waals surface area (Å²) in [7, 11) is 0. The molecule has 0 spiro atoms. The second-order valence-corrected chi connectivity index (χ2v) is 4.89. The van der Waals surface area contributed by atoms with Gasteiger partial charge in [-0.3, -0.25) is 5.01 Å². The lowest BCUT2D eigenvalue weighted by atomic mass is 10.2. The van der Waals surface area contributed by atoms with Crippen LogP contribution < -0.4 is 11.6 Å². The summed E-state index contributed by atoms with van der Waals surface area (Å²) in [4.78, 5) is 11.5. The molecule has 5 N–H and O–H groups in total. The van der Waals surface area contributed by atoms with Crippen LogP contribution in [0.5, 0.6) is 0 Å². The minimum absolute atomic E-state index is 0.0802. The van der Waals surface area contributed by atoms with E-state index in [9.17, 15) is 9.90 Å². The van der Waals surface area contributed by atoms with Crippen molar-refractivity contribution in [3.05, 3.63) is 35.5 Å². The Morgan fingerprint density at radius 2 is 2.10 bits per heavy atom. The third-order valence-corrected chi connectivity index (χ3v) is 2.31. The van der Waals surface area contributed by atoms with Crippen LogP contribution in [0.2, 0.25) is 0 Å². The minimum atomic E-state index is -0.950. The predicted octanol–water partition coefficient (Wildman–Crippen LogP) is 0.0942. The van der Waals surface area contributed by atoms with Crippen molar-refractivity contribution in [2.45, 2.75) is 26.4 Å². The number of aliphatic hydroxyl groups is 1. The highest BCUT2D eigenvalue weighted by atomic mass is 16.5. The Balaban J connectivity index is 2.77. The molecule has 0 atom stereocenters. The van der Waals surface area contributed by atoms with E-state index in [-0.39, 0.29) is 18.9 Å². The van der Waals surface area contributed by atoms with Gasteiger partial charge < -0.3 is 20.3 Å². The molecule has 0 radical (unpaired) electrons. The molecule has 0 bridgehead atoms. The van der Waals surface area contributed by atoms with Crippen LogP contribution in [0.4, 0.5) is 0 Å². The molecule has 0 aromatic rings. The quantitative estimate of drug-likeness (QED) is 0.372. The van der Waals surface area contributed by atoms with E-state index in [4.69, 9.17) is 21.1 Å². The second kappa shape index (κ2) is 6.44. The summed E-state index contributed by atoms with van der Waals surface area (Å²) in [5.74, 6) is 5.59. The first-order valence-corrected chi connectivity index (χ1v) is 6.20. The molecule has 1 heterocycles. The largest absolute Gasteiger partial charge is 0.489 e. The summed E-state index contributed by atoms with van der Waals surface area (Å²) >= 11 is 0. The third-order valence-electron chi connectivity index (χ3n) is 2.31. The van der Waals surface area contributed by atoms with Crippen LogP contribution in [0.1, 0.15) is 20.8 Å². The molecule has 20 heavy (non-hydrogen) atoms. The molecular formula is C13H21N3O4. The van der Waals surface area contributed by atoms with Crippen LogP contribution in [0.3, 0.4) is 0 Å². The number of allylic oxidation sites excluding steroid dienone is 2. The number of rotatable bonds is 5. The Kier molecular flexibility index (Phi) is 5.18. The minimum Gasteiger partial charge on any atom is -0.489 e. The standard InChI is InChI=1S/C13H21N3O4/c1-4-19-12(17)11(14)10-6-5-9(7-16(10)15)20-8-13(2,3)18/h5-7,18H,4,8,14-15H2,1-3H3/b11-10-. The number of esters is 1. The summed E-state index contributed by atoms with van der Waals surface area (Å²) < 4.78 is 10.2. The topological polar surface area (TPSA) is 111 Å². The Morgan fingerprint density at radius 1 is 1.45 bits per heavy atom. The average molecular weight is 283 g/mol. The van der Waals surface area contributed by atoms with Crippen LogP contribution >= 0.6 is 0 Å². The fourth-order valence-corrected chi connectivity index (χ4v) is 1.38. The fourth-order valence-electron chi connectivity index (χ4n) is 1.38. The lowest BCUT2D eigenvalue weighted by molar-refractivity contribution is -0.138. The van der Waals surface area contributed by atoms with E-state index >= 15 is 0 Å². The van der Waals surface area contributed by atoms with Gasteiger partial charge in [0.2, 0.25) is 0 Å². The van der Waals surface area contributed by atoms with Gasteiger partial charge >= 0.3 is 5.97 Å². The highest BCUT2D eigenvalue weighted by molar-refractivity contribution is 5.88. The van der Waals surface area contributed by atoms with E-state index in [0.717, 1.165) is 0 Å². The molecule has 1 rings (SSSR count). The number of hydrogen-bond acceptors (Lipinski definition) is 7. The van der Waals surface area contributed by atoms with Crippen LogP contribution in [0.25, 0.3) is 0 Å². The molecule has 112 valence electrons. The van der Waals surface area contributed by atoms with E-state index in [0.29, 0.717) is 11.5 Å². The van der Waals surface area contributed by atoms with Crippen LogP contribution in [-0.2, 0) is 14.3 Å². The molecule has 1 aliphatic rings. The van der Waals surface area contributed by atoms with Crippen molar-refractivity contribution in [2.24, 2.45) is 11.6 Å². The molecule has 0 saturated heterocycles. The summed E-state index contributed by atoms with van der Waals surface area (Å²) in [5.41, 5.74) is 4.97. The lowest BCUT2D eigenvalue weighted by Crippen LogP contribution is -2.32. The maximum atomic E-state index is 11.5. The normalized spacial score (nSPS) is 17.6. The zero-order chi connectivity index (χ0) is 15.3. The molecule has 0 fully saturated rings. The molecule has 0 aromatic carbocycles. The molecule has 1 aliphatic heterocycles. The number of ether oxygens (including phenoxy) is 2. The van der Waals surface area contributed by atoms with Gasteiger partial charge in [-0.2, -0.15) is 0 Å². The predicted molar refractivity (Wildman–Crippen MR) is 73.3 cm³/mol. The molecule has 0 aliphatic carbocycles. The van der Waals surface area contributed by atoms with E-state index in [1.807, 2.05) is 0 Å². The monoisotopic (exact) mass is 283 g/mol. The maximum absolute atomic E-state index is 11.5. The van der Waals surface area contributed by atoms with Crippen molar-refractivity contribution in [3.63, 3.8) is 0 Å². The van der Waals surface area contributed by atoms with Crippen molar-refractivity contribution >= 4 is 5.97 Å². The van der Waals surface area contributed by atoms with Gasteiger partial charge in [-0.15, -0.1) is 0 Å². The van der Waals surface area contributed by atoms with E-state index in [2.05, 4.69) is 0 Å². The van der Waals surface area contributed by atoms with Crippen molar-refractivity contribution in [2.75, 3.05) is 13.2 Å². The highest BCUT2D eigenvalue weighted by Gasteiger charge is 2.19. The Labute approximate surface area is 118 Å². The summed E-state index contributed by atoms with van der Waals surface area (Å²) in [5, 5.41) is 10.7. The SMILES string of the molecule is CCOC(=O)/C(N)=C1\C=CC(OCC(C)(C)O)=CN1N. The Morgan fingerprint density at radius 3 is 2.60 bits per heavy atom. The molecule has 0 unspecified atom stereocenters. The Hall–Kier alpha value is -1.99. The molecule has 0 amide bonds. The molecule has 0 saturated carbocycles. The number of nitrogens with two attached hydrogens (primary N) is 2. The average Bonchev–Trinajstić information content (AvgIpc) is 2.35. The molecule has 7 nitrogen and oxygen atoms in total. The second-order valence-electron chi connectivity index (χ2n) is 4.89. The van der Waals surface area contributed by atoms with Crippen molar-refractivity contribution < 1.29 is 19.4 Å². The first kappa shape index (κ1) is 16.1. The van der Waals surface area contributed by atoms with Crippen molar-refractivity contribution in [3.8, 4) is 0 Å². The number of carbonyl (C=O) groups is 1. The van der Waals surface area contributed by atoms with Crippen LogP contribution in [-0.4, -0.2) is 34.9 Å². The van der Waals surface area contributed by atoms with Gasteiger partial charge in [-0.1, -0.05) is 0 Å². The highest BCUT2D eigenvalue weighted by Crippen LogP contribution is 2.18. The smallest absolute Gasteiger partial charge is 0.356 e. The fraction of sp³-hybridized carbons (Fsp3) is 0.462. The van der Waals surface area contributed by atoms with Crippen molar-refractivity contribution in [1.82, 2.24) is 5.01 Å². The first-order chi connectivity index (χ1) is 9.24. The van der Waals surface area contributed by atoms with Gasteiger partial charge in [0, 0.05) is 0 Å². The van der Waals surface area contributed by atoms with E-state index < -0.39 is 11.6 Å². The van der Waals surface area contributed by atoms with Gasteiger partial charge in [-0.05, 0) is 32.9 Å². The number of hydrazine groups is 1. The van der Waals surface area contributed by atoms with Crippen LogP contribution in [0, 0.1) is 0 Å². The number of carbonyl (C=O) groups excluding carboxylic acids is 1. The van der Waals surface area contributed by atoms with Gasteiger partial charge in [0.05, 0.1) is 24.1 Å². The molecule has 7 heteroatoms. The van der Waals surface area contributed by atoms with Gasteiger partial charge in [0.25, 0.3) is 0 Å². The summed E-state index contributed by atoms with van der Waals surface area (Å²) in [6.07, 6.45) is 4.62. The zero-order valence-corrected chi connectivity index (χ0v) is 11.9. The zero-order valence-electron chi connectivity index (χ0n) is 11.9. The third kappa shape index (κ3) is 4.60. The molecular weight excluding hydrogens is 262 g/mol. The summed E-state index contributed by atoms with van der Waals surface area (Å²) in [6, 6.07) is 0. The first-order valence-electron chi connectivity index (χ1n) is 6.20. The van der Waals surface area contributed by atoms with Crippen molar-refractivity contribution in [1.29, 1.82) is 0 Å². The Bertz CT molecular complexity index is 461. The number of hydrogen-bond donors (Lipinski definition) is 3. The van der Waals surface area contributed by atoms with E-state index in [1.165, 1.54) is 11.2 Å². The maximum Gasteiger partial charge on any atom is 0.356 e. The lowest BCUT2D eigenvalue weighted by Gasteiger charge is -2.24. The van der Waals surface area contributed by atoms with Gasteiger partial charge in [0.15, 0.2) is 0 Å². The number of nitrogens with zero attached hydrogens (tertiary/aromatic N) is 1. The van der Waals surface area contributed by atoms with Gasteiger partial charge in [-0.25, -0.2) is 10.6 Å². The van der Waals surface area contributed by atoms with Crippen LogP contribution in [0.15, 0.2) is 35.5 Å². The van der Waals surface area contributed by atoms with E-state index in [1.54, 1.807) is 32.9 Å². The van der Waals surface area contributed by atoms with Gasteiger partial charge in [0.1, 0.15) is 18.1 Å².